The van der Waals surface area contributed by atoms with E-state index in [0.29, 0.717) is 16.7 Å². The summed E-state index contributed by atoms with van der Waals surface area (Å²) in [7, 11) is -4.08. The maximum Gasteiger partial charge on any atom is 0.323 e. The van der Waals surface area contributed by atoms with E-state index in [-0.39, 0.29) is 11.4 Å². The molecule has 0 heterocycles. The van der Waals surface area contributed by atoms with Crippen LogP contribution in [0.2, 0.25) is 0 Å². The van der Waals surface area contributed by atoms with Crippen molar-refractivity contribution in [2.24, 2.45) is 0 Å². The minimum Gasteiger partial charge on any atom is -0.480 e. The summed E-state index contributed by atoms with van der Waals surface area (Å²) < 4.78 is 27.6. The van der Waals surface area contributed by atoms with Crippen LogP contribution < -0.4 is 10.0 Å². The number of nitrogens with one attached hydrogen (secondary N) is 2. The summed E-state index contributed by atoms with van der Waals surface area (Å²) in [6, 6.07) is 10.2. The third kappa shape index (κ3) is 5.15. The molecule has 0 aliphatic heterocycles. The molecule has 1 atom stereocenters. The summed E-state index contributed by atoms with van der Waals surface area (Å²) in [5, 5.41) is 11.8. The number of rotatable bonds is 7. The largest absolute Gasteiger partial charge is 0.480 e. The Hall–Kier alpha value is -2.71. The number of aryl methyl sites for hydroxylation is 3. The molecule has 144 valence electrons. The zero-order valence-corrected chi connectivity index (χ0v) is 16.1. The highest BCUT2D eigenvalue weighted by atomic mass is 32.2. The summed E-state index contributed by atoms with van der Waals surface area (Å²) in [6.45, 7) is 4.78. The number of carbonyl (C=O) groups excluding carboxylic acids is 1. The summed E-state index contributed by atoms with van der Waals surface area (Å²) in [5.41, 5.74) is 2.32. The lowest BCUT2D eigenvalue weighted by Crippen LogP contribution is -2.48. The van der Waals surface area contributed by atoms with Gasteiger partial charge in [-0.1, -0.05) is 35.9 Å². The highest BCUT2D eigenvalue weighted by Crippen LogP contribution is 2.21. The molecular formula is C19H22N2O5S. The maximum atomic E-state index is 12.7. The van der Waals surface area contributed by atoms with Crippen molar-refractivity contribution in [2.45, 2.75) is 31.7 Å². The van der Waals surface area contributed by atoms with Gasteiger partial charge in [-0.25, -0.2) is 8.42 Å². The van der Waals surface area contributed by atoms with Gasteiger partial charge >= 0.3 is 5.97 Å². The van der Waals surface area contributed by atoms with Crippen LogP contribution in [0.4, 0.5) is 0 Å². The molecule has 2 rings (SSSR count). The van der Waals surface area contributed by atoms with Gasteiger partial charge in [0.2, 0.25) is 10.0 Å². The van der Waals surface area contributed by atoms with E-state index in [0.717, 1.165) is 5.56 Å². The number of hydrogen-bond acceptors (Lipinski definition) is 4. The van der Waals surface area contributed by atoms with Crippen molar-refractivity contribution >= 4 is 21.9 Å². The minimum absolute atomic E-state index is 0.0498. The van der Waals surface area contributed by atoms with Crippen LogP contribution in [0.1, 0.15) is 27.0 Å². The topological polar surface area (TPSA) is 113 Å². The lowest BCUT2D eigenvalue weighted by Gasteiger charge is -2.18. The lowest BCUT2D eigenvalue weighted by atomic mass is 10.1. The third-order valence-corrected chi connectivity index (χ3v) is 5.75. The van der Waals surface area contributed by atoms with Gasteiger partial charge in [0.05, 0.1) is 4.90 Å². The molecule has 0 radical (unpaired) electrons. The normalized spacial score (nSPS) is 12.4. The van der Waals surface area contributed by atoms with Gasteiger partial charge in [0.15, 0.2) is 0 Å². The Morgan fingerprint density at radius 2 is 1.59 bits per heavy atom. The Morgan fingerprint density at radius 3 is 2.11 bits per heavy atom. The average molecular weight is 390 g/mol. The van der Waals surface area contributed by atoms with E-state index in [4.69, 9.17) is 0 Å². The number of hydrogen-bond donors (Lipinski definition) is 3. The molecule has 0 spiro atoms. The third-order valence-electron chi connectivity index (χ3n) is 3.97. The molecule has 0 fully saturated rings. The van der Waals surface area contributed by atoms with Gasteiger partial charge in [-0.05, 0) is 44.0 Å². The van der Waals surface area contributed by atoms with Crippen LogP contribution in [0.3, 0.4) is 0 Å². The van der Waals surface area contributed by atoms with E-state index < -0.39 is 27.9 Å². The molecule has 0 saturated heterocycles. The van der Waals surface area contributed by atoms with Gasteiger partial charge in [-0.2, -0.15) is 4.72 Å². The Balaban J connectivity index is 2.18. The fraction of sp³-hybridized carbons (Fsp3) is 0.263. The number of carbonyl (C=O) groups is 2. The standard InChI is InChI=1S/C19H22N2O5S/c1-12-9-13(2)17(14(3)10-12)27(25,26)21-16(19(23)24)11-20-18(22)15-7-5-4-6-8-15/h4-10,16,21H,11H2,1-3H3,(H,20,22)(H,23,24)/t16-/m1/s1. The zero-order chi connectivity index (χ0) is 20.2. The van der Waals surface area contributed by atoms with Crippen LogP contribution in [0, 0.1) is 20.8 Å². The van der Waals surface area contributed by atoms with Gasteiger partial charge in [0.1, 0.15) is 6.04 Å². The second-order valence-corrected chi connectivity index (χ2v) is 7.97. The zero-order valence-electron chi connectivity index (χ0n) is 15.3. The average Bonchev–Trinajstić information content (AvgIpc) is 2.57. The first kappa shape index (κ1) is 20.6. The number of sulfonamides is 1. The number of amides is 1. The molecule has 0 aliphatic carbocycles. The van der Waals surface area contributed by atoms with Crippen LogP contribution in [-0.2, 0) is 14.8 Å². The van der Waals surface area contributed by atoms with Crippen molar-refractivity contribution in [3.63, 3.8) is 0 Å². The second-order valence-electron chi connectivity index (χ2n) is 6.32. The second kappa shape index (κ2) is 8.32. The number of carboxylic acid groups (broad SMARTS) is 1. The molecule has 0 saturated carbocycles. The Kier molecular flexibility index (Phi) is 6.35. The summed E-state index contributed by atoms with van der Waals surface area (Å²) >= 11 is 0. The van der Waals surface area contributed by atoms with Gasteiger partial charge in [-0.3, -0.25) is 9.59 Å². The number of aliphatic carboxylic acids is 1. The predicted molar refractivity (Wildman–Crippen MR) is 101 cm³/mol. The van der Waals surface area contributed by atoms with E-state index in [1.807, 2.05) is 6.92 Å². The van der Waals surface area contributed by atoms with Crippen LogP contribution in [0.25, 0.3) is 0 Å². The number of carboxylic acids is 1. The van der Waals surface area contributed by atoms with E-state index >= 15 is 0 Å². The first-order valence-corrected chi connectivity index (χ1v) is 9.76. The molecular weight excluding hydrogens is 368 g/mol. The van der Waals surface area contributed by atoms with Crippen molar-refractivity contribution < 1.29 is 23.1 Å². The van der Waals surface area contributed by atoms with E-state index in [1.165, 1.54) is 0 Å². The van der Waals surface area contributed by atoms with Crippen molar-refractivity contribution in [2.75, 3.05) is 6.54 Å². The van der Waals surface area contributed by atoms with E-state index in [9.17, 15) is 23.1 Å². The maximum absolute atomic E-state index is 12.7. The van der Waals surface area contributed by atoms with Crippen molar-refractivity contribution in [3.8, 4) is 0 Å². The number of benzene rings is 2. The molecule has 0 aromatic heterocycles. The van der Waals surface area contributed by atoms with Crippen LogP contribution in [-0.4, -0.2) is 38.0 Å². The first-order valence-electron chi connectivity index (χ1n) is 8.28. The van der Waals surface area contributed by atoms with Crippen LogP contribution >= 0.6 is 0 Å². The highest BCUT2D eigenvalue weighted by molar-refractivity contribution is 7.89. The molecule has 7 nitrogen and oxygen atoms in total. The molecule has 27 heavy (non-hydrogen) atoms. The van der Waals surface area contributed by atoms with E-state index in [1.54, 1.807) is 56.3 Å². The lowest BCUT2D eigenvalue weighted by molar-refractivity contribution is -0.138. The van der Waals surface area contributed by atoms with Crippen LogP contribution in [0.15, 0.2) is 47.4 Å². The monoisotopic (exact) mass is 390 g/mol. The quantitative estimate of drug-likeness (QED) is 0.667. The molecule has 8 heteroatoms. The molecule has 0 aliphatic rings. The smallest absolute Gasteiger partial charge is 0.323 e. The Bertz CT molecular complexity index is 932. The molecule has 0 unspecified atom stereocenters. The fourth-order valence-electron chi connectivity index (χ4n) is 2.90. The highest BCUT2D eigenvalue weighted by Gasteiger charge is 2.28. The van der Waals surface area contributed by atoms with Crippen molar-refractivity contribution in [3.05, 3.63) is 64.7 Å². The Morgan fingerprint density at radius 1 is 1.04 bits per heavy atom. The Labute approximate surface area is 158 Å². The van der Waals surface area contributed by atoms with Crippen molar-refractivity contribution in [1.82, 2.24) is 10.0 Å². The fourth-order valence-corrected chi connectivity index (χ4v) is 4.54. The molecule has 3 N–H and O–H groups in total. The van der Waals surface area contributed by atoms with Gasteiger partial charge in [0.25, 0.3) is 5.91 Å². The molecule has 0 bridgehead atoms. The van der Waals surface area contributed by atoms with Gasteiger partial charge in [-0.15, -0.1) is 0 Å². The minimum atomic E-state index is -4.08. The summed E-state index contributed by atoms with van der Waals surface area (Å²) in [5.74, 6) is -1.86. The molecule has 2 aromatic rings. The summed E-state index contributed by atoms with van der Waals surface area (Å²) in [4.78, 5) is 23.6. The molecule has 2 aromatic carbocycles. The first-order chi connectivity index (χ1) is 12.6. The predicted octanol–water partition coefficient (Wildman–Crippen LogP) is 1.77. The van der Waals surface area contributed by atoms with Crippen LogP contribution in [0.5, 0.6) is 0 Å². The SMILES string of the molecule is Cc1cc(C)c(S(=O)(=O)N[C@H](CNC(=O)c2ccccc2)C(=O)O)c(C)c1. The van der Waals surface area contributed by atoms with E-state index in [2.05, 4.69) is 10.0 Å². The summed E-state index contributed by atoms with van der Waals surface area (Å²) in [6.07, 6.45) is 0. The van der Waals surface area contributed by atoms with Crippen molar-refractivity contribution in [1.29, 1.82) is 0 Å². The molecule has 1 amide bonds. The van der Waals surface area contributed by atoms with Gasteiger partial charge < -0.3 is 10.4 Å². The van der Waals surface area contributed by atoms with Gasteiger partial charge in [0, 0.05) is 12.1 Å².